The van der Waals surface area contributed by atoms with Gasteiger partial charge in [-0.05, 0) is 37.3 Å². The van der Waals surface area contributed by atoms with Crippen LogP contribution >= 0.6 is 27.3 Å². The second kappa shape index (κ2) is 6.42. The average Bonchev–Trinajstić information content (AvgIpc) is 3.17. The zero-order chi connectivity index (χ0) is 19.4. The first-order chi connectivity index (χ1) is 13.5. The fourth-order valence-corrected chi connectivity index (χ4v) is 4.95. The molecule has 2 aromatic carbocycles. The van der Waals surface area contributed by atoms with E-state index in [2.05, 4.69) is 26.2 Å². The Labute approximate surface area is 172 Å². The maximum Gasteiger partial charge on any atom is 0.272 e. The maximum atomic E-state index is 13.2. The fraction of sp³-hybridized carbons (Fsp3) is 0.150. The summed E-state index contributed by atoms with van der Waals surface area (Å²) in [5.41, 5.74) is 3.82. The average molecular weight is 455 g/mol. The quantitative estimate of drug-likeness (QED) is 0.612. The second-order valence-electron chi connectivity index (χ2n) is 6.79. The zero-order valence-corrected chi connectivity index (χ0v) is 17.3. The molecule has 0 radical (unpaired) electrons. The minimum atomic E-state index is -0.235. The van der Waals surface area contributed by atoms with Crippen LogP contribution in [0.15, 0.2) is 56.7 Å². The molecule has 5 rings (SSSR count). The maximum absolute atomic E-state index is 13.2. The lowest BCUT2D eigenvalue weighted by atomic mass is 10.1. The van der Waals surface area contributed by atoms with Crippen LogP contribution in [0.25, 0.3) is 5.57 Å². The first kappa shape index (κ1) is 17.4. The fourth-order valence-electron chi connectivity index (χ4n) is 3.50. The molecular weight excluding hydrogens is 440 g/mol. The molecule has 2 aliphatic rings. The van der Waals surface area contributed by atoms with Crippen molar-refractivity contribution in [2.24, 2.45) is 4.99 Å². The molecule has 3 aromatic rings. The minimum absolute atomic E-state index is 0.178. The number of carbonyl (C=O) groups is 1. The molecule has 2 aliphatic heterocycles. The SMILES string of the molecule is Cc1ccc2c(c1)C(=c1sc3n(c1=O)CN(c1cccc(Br)c1)CN=3)C(=O)N2. The Morgan fingerprint density at radius 2 is 2.04 bits per heavy atom. The van der Waals surface area contributed by atoms with E-state index in [9.17, 15) is 9.59 Å². The van der Waals surface area contributed by atoms with E-state index in [1.54, 1.807) is 4.57 Å². The summed E-state index contributed by atoms with van der Waals surface area (Å²) in [5, 5.41) is 2.86. The van der Waals surface area contributed by atoms with Crippen LogP contribution in [0.3, 0.4) is 0 Å². The molecule has 0 unspecified atom stereocenters. The first-order valence-electron chi connectivity index (χ1n) is 8.72. The van der Waals surface area contributed by atoms with Gasteiger partial charge in [-0.3, -0.25) is 14.2 Å². The molecule has 28 heavy (non-hydrogen) atoms. The van der Waals surface area contributed by atoms with E-state index in [1.807, 2.05) is 54.3 Å². The summed E-state index contributed by atoms with van der Waals surface area (Å²) >= 11 is 4.76. The summed E-state index contributed by atoms with van der Waals surface area (Å²) in [7, 11) is 0. The summed E-state index contributed by atoms with van der Waals surface area (Å²) in [6.45, 7) is 2.84. The molecule has 0 saturated heterocycles. The van der Waals surface area contributed by atoms with Crippen molar-refractivity contribution in [1.29, 1.82) is 0 Å². The van der Waals surface area contributed by atoms with Crippen LogP contribution in [-0.4, -0.2) is 17.1 Å². The van der Waals surface area contributed by atoms with Crippen LogP contribution in [0, 0.1) is 6.92 Å². The van der Waals surface area contributed by atoms with Crippen molar-refractivity contribution in [3.05, 3.63) is 77.8 Å². The van der Waals surface area contributed by atoms with Crippen LogP contribution in [0.2, 0.25) is 0 Å². The number of nitrogens with zero attached hydrogens (tertiary/aromatic N) is 3. The first-order valence-corrected chi connectivity index (χ1v) is 10.3. The number of hydrogen-bond acceptors (Lipinski definition) is 5. The lowest BCUT2D eigenvalue weighted by molar-refractivity contribution is -0.110. The summed E-state index contributed by atoms with van der Waals surface area (Å²) in [6.07, 6.45) is 0. The Hall–Kier alpha value is -2.71. The van der Waals surface area contributed by atoms with Gasteiger partial charge in [-0.1, -0.05) is 45.0 Å². The predicted molar refractivity (Wildman–Crippen MR) is 113 cm³/mol. The molecule has 140 valence electrons. The number of hydrogen-bond donors (Lipinski definition) is 1. The number of rotatable bonds is 1. The highest BCUT2D eigenvalue weighted by atomic mass is 79.9. The molecule has 0 fully saturated rings. The normalized spacial score (nSPS) is 17.1. The van der Waals surface area contributed by atoms with Crippen molar-refractivity contribution in [1.82, 2.24) is 4.57 Å². The highest BCUT2D eigenvalue weighted by Crippen LogP contribution is 2.30. The Morgan fingerprint density at radius 3 is 2.86 bits per heavy atom. The number of thiazole rings is 1. The Bertz CT molecular complexity index is 1320. The van der Waals surface area contributed by atoms with Crippen molar-refractivity contribution in [3.8, 4) is 0 Å². The van der Waals surface area contributed by atoms with Gasteiger partial charge in [0.25, 0.3) is 11.5 Å². The minimum Gasteiger partial charge on any atom is -0.334 e. The molecule has 0 saturated carbocycles. The Morgan fingerprint density at radius 1 is 1.18 bits per heavy atom. The predicted octanol–water partition coefficient (Wildman–Crippen LogP) is 2.19. The molecule has 0 atom stereocenters. The summed E-state index contributed by atoms with van der Waals surface area (Å²) < 4.78 is 3.05. The Balaban J connectivity index is 1.66. The number of amides is 1. The van der Waals surface area contributed by atoms with Crippen LogP contribution < -0.4 is 25.1 Å². The third-order valence-corrected chi connectivity index (χ3v) is 6.48. The van der Waals surface area contributed by atoms with Gasteiger partial charge >= 0.3 is 0 Å². The number of anilines is 2. The van der Waals surface area contributed by atoms with E-state index in [1.165, 1.54) is 11.3 Å². The van der Waals surface area contributed by atoms with Crippen molar-refractivity contribution < 1.29 is 4.79 Å². The third-order valence-electron chi connectivity index (χ3n) is 4.87. The van der Waals surface area contributed by atoms with Gasteiger partial charge in [0.05, 0.1) is 5.57 Å². The summed E-state index contributed by atoms with van der Waals surface area (Å²) in [5.74, 6) is -0.235. The van der Waals surface area contributed by atoms with Crippen LogP contribution in [0.4, 0.5) is 11.4 Å². The molecular formula is C20H15BrN4O2S. The van der Waals surface area contributed by atoms with E-state index < -0.39 is 0 Å². The topological polar surface area (TPSA) is 66.7 Å². The molecule has 3 heterocycles. The van der Waals surface area contributed by atoms with Gasteiger partial charge in [0.1, 0.15) is 17.9 Å². The number of carbonyl (C=O) groups excluding carboxylic acids is 1. The van der Waals surface area contributed by atoms with Crippen molar-refractivity contribution >= 4 is 50.1 Å². The standard InChI is InChI=1S/C20H15BrN4O2S/c1-11-5-6-15-14(7-11)16(18(26)23-15)17-19(27)25-10-24(9-22-20(25)28-17)13-4-2-3-12(21)8-13/h2-8H,9-10H2,1H3,(H,23,26). The van der Waals surface area contributed by atoms with Gasteiger partial charge in [-0.25, -0.2) is 4.99 Å². The van der Waals surface area contributed by atoms with E-state index >= 15 is 0 Å². The van der Waals surface area contributed by atoms with E-state index in [4.69, 9.17) is 0 Å². The lowest BCUT2D eigenvalue weighted by Crippen LogP contribution is -2.43. The van der Waals surface area contributed by atoms with E-state index in [0.29, 0.717) is 28.2 Å². The molecule has 1 aromatic heterocycles. The molecule has 8 heteroatoms. The van der Waals surface area contributed by atoms with E-state index in [0.717, 1.165) is 27.0 Å². The van der Waals surface area contributed by atoms with Crippen LogP contribution in [0.1, 0.15) is 11.1 Å². The van der Waals surface area contributed by atoms with E-state index in [-0.39, 0.29) is 11.5 Å². The monoisotopic (exact) mass is 454 g/mol. The highest BCUT2D eigenvalue weighted by molar-refractivity contribution is 9.10. The van der Waals surface area contributed by atoms with Crippen LogP contribution in [-0.2, 0) is 11.5 Å². The molecule has 6 nitrogen and oxygen atoms in total. The van der Waals surface area contributed by atoms with Crippen LogP contribution in [0.5, 0.6) is 0 Å². The number of nitrogens with one attached hydrogen (secondary N) is 1. The largest absolute Gasteiger partial charge is 0.334 e. The Kier molecular flexibility index (Phi) is 3.99. The second-order valence-corrected chi connectivity index (χ2v) is 8.68. The smallest absolute Gasteiger partial charge is 0.272 e. The zero-order valence-electron chi connectivity index (χ0n) is 14.9. The number of benzene rings is 2. The third kappa shape index (κ3) is 2.71. The van der Waals surface area contributed by atoms with Gasteiger partial charge in [0.2, 0.25) is 0 Å². The van der Waals surface area contributed by atoms with Gasteiger partial charge in [0, 0.05) is 21.4 Å². The van der Waals surface area contributed by atoms with Crippen molar-refractivity contribution in [2.75, 3.05) is 16.9 Å². The van der Waals surface area contributed by atoms with Gasteiger partial charge in [-0.2, -0.15) is 0 Å². The molecule has 1 amide bonds. The lowest BCUT2D eigenvalue weighted by Gasteiger charge is -2.25. The van der Waals surface area contributed by atoms with Crippen molar-refractivity contribution in [3.63, 3.8) is 0 Å². The number of fused-ring (bicyclic) bond motifs is 2. The molecule has 0 spiro atoms. The highest BCUT2D eigenvalue weighted by Gasteiger charge is 2.28. The van der Waals surface area contributed by atoms with Crippen molar-refractivity contribution in [2.45, 2.75) is 13.6 Å². The molecule has 0 bridgehead atoms. The van der Waals surface area contributed by atoms with Gasteiger partial charge < -0.3 is 10.2 Å². The molecule has 0 aliphatic carbocycles. The van der Waals surface area contributed by atoms with Gasteiger partial charge in [-0.15, -0.1) is 0 Å². The van der Waals surface area contributed by atoms with Gasteiger partial charge in [0.15, 0.2) is 4.80 Å². The number of aromatic nitrogens is 1. The summed E-state index contributed by atoms with van der Waals surface area (Å²) in [4.78, 5) is 33.0. The number of halogens is 1. The molecule has 1 N–H and O–H groups in total. The number of aryl methyl sites for hydroxylation is 1. The summed E-state index contributed by atoms with van der Waals surface area (Å²) in [6, 6.07) is 13.7.